The number of nitrogens with zero attached hydrogens (tertiary/aromatic N) is 1. The number of ether oxygens (including phenoxy) is 1. The maximum Gasteiger partial charge on any atom is 0.573 e. The summed E-state index contributed by atoms with van der Waals surface area (Å²) in [7, 11) is 0. The summed E-state index contributed by atoms with van der Waals surface area (Å²) < 4.78 is 40.2. The number of rotatable bonds is 4. The van der Waals surface area contributed by atoms with E-state index in [1.54, 1.807) is 0 Å². The van der Waals surface area contributed by atoms with E-state index in [9.17, 15) is 18.0 Å². The zero-order valence-corrected chi connectivity index (χ0v) is 10.0. The molecule has 102 valence electrons. The number of alkyl halides is 4. The Bertz CT molecular complexity index is 537. The van der Waals surface area contributed by atoms with Gasteiger partial charge in [-0.05, 0) is 17.2 Å². The third-order valence-corrected chi connectivity index (χ3v) is 2.47. The number of hydrogen-bond donors (Lipinski definition) is 1. The zero-order valence-electron chi connectivity index (χ0n) is 9.29. The minimum Gasteiger partial charge on any atom is -0.481 e. The quantitative estimate of drug-likeness (QED) is 0.867. The molecule has 0 aliphatic rings. The van der Waals surface area contributed by atoms with Gasteiger partial charge in [-0.25, -0.2) is 0 Å². The molecule has 1 N–H and O–H groups in total. The van der Waals surface area contributed by atoms with Crippen LogP contribution < -0.4 is 4.74 Å². The molecule has 1 aromatic rings. The minimum atomic E-state index is -4.96. The Morgan fingerprint density at radius 1 is 1.47 bits per heavy atom. The molecule has 0 heterocycles. The Hall–Kier alpha value is -1.94. The van der Waals surface area contributed by atoms with Crippen molar-refractivity contribution in [3.63, 3.8) is 0 Å². The average Bonchev–Trinajstić information content (AvgIpc) is 2.27. The Balaban J connectivity index is 3.36. The molecule has 0 atom stereocenters. The Morgan fingerprint density at radius 3 is 2.53 bits per heavy atom. The van der Waals surface area contributed by atoms with E-state index < -0.39 is 30.1 Å². The molecule has 1 aromatic carbocycles. The number of hydrogen-bond acceptors (Lipinski definition) is 3. The van der Waals surface area contributed by atoms with Crippen LogP contribution in [0.2, 0.25) is 0 Å². The molecule has 1 rings (SSSR count). The van der Waals surface area contributed by atoms with Crippen LogP contribution in [-0.2, 0) is 17.1 Å². The molecule has 0 aliphatic carbocycles. The van der Waals surface area contributed by atoms with Crippen LogP contribution in [0.5, 0.6) is 5.75 Å². The molecule has 0 aliphatic heterocycles. The van der Waals surface area contributed by atoms with Crippen molar-refractivity contribution in [1.29, 1.82) is 5.26 Å². The predicted octanol–water partition coefficient (Wildman–Crippen LogP) is 2.82. The highest BCUT2D eigenvalue weighted by Gasteiger charge is 2.33. The lowest BCUT2D eigenvalue weighted by molar-refractivity contribution is -0.274. The molecular formula is C11H7ClF3NO3. The van der Waals surface area contributed by atoms with Crippen molar-refractivity contribution < 1.29 is 27.8 Å². The van der Waals surface area contributed by atoms with Crippen molar-refractivity contribution in [1.82, 2.24) is 0 Å². The first-order chi connectivity index (χ1) is 8.78. The smallest absolute Gasteiger partial charge is 0.481 e. The van der Waals surface area contributed by atoms with Crippen molar-refractivity contribution in [2.75, 3.05) is 0 Å². The van der Waals surface area contributed by atoms with E-state index >= 15 is 0 Å². The summed E-state index contributed by atoms with van der Waals surface area (Å²) in [6.07, 6.45) is -5.57. The Kier molecular flexibility index (Phi) is 4.62. The Labute approximate surface area is 111 Å². The highest BCUT2D eigenvalue weighted by Crippen LogP contribution is 2.31. The normalized spacial score (nSPS) is 10.9. The largest absolute Gasteiger partial charge is 0.573 e. The first kappa shape index (κ1) is 15.1. The van der Waals surface area contributed by atoms with Gasteiger partial charge in [0.15, 0.2) is 0 Å². The lowest BCUT2D eigenvalue weighted by Crippen LogP contribution is -2.19. The first-order valence-corrected chi connectivity index (χ1v) is 5.40. The van der Waals surface area contributed by atoms with Crippen LogP contribution >= 0.6 is 11.6 Å². The van der Waals surface area contributed by atoms with Crippen LogP contribution in [0.3, 0.4) is 0 Å². The van der Waals surface area contributed by atoms with Gasteiger partial charge >= 0.3 is 12.3 Å². The van der Waals surface area contributed by atoms with Gasteiger partial charge in [0.25, 0.3) is 0 Å². The number of aliphatic carboxylic acids is 1. The molecule has 0 unspecified atom stereocenters. The lowest BCUT2D eigenvalue weighted by atomic mass is 9.99. The number of benzene rings is 1. The highest BCUT2D eigenvalue weighted by atomic mass is 35.5. The molecule has 8 heteroatoms. The fraction of sp³-hybridized carbons (Fsp3) is 0.273. The van der Waals surface area contributed by atoms with Crippen LogP contribution in [0, 0.1) is 11.3 Å². The lowest BCUT2D eigenvalue weighted by Gasteiger charge is -2.14. The summed E-state index contributed by atoms with van der Waals surface area (Å²) in [6.45, 7) is 0. The van der Waals surface area contributed by atoms with Crippen molar-refractivity contribution in [2.24, 2.45) is 0 Å². The van der Waals surface area contributed by atoms with Gasteiger partial charge in [0.1, 0.15) is 11.8 Å². The van der Waals surface area contributed by atoms with E-state index in [1.807, 2.05) is 0 Å². The zero-order chi connectivity index (χ0) is 14.6. The standard InChI is InChI=1S/C11H7ClF3NO3/c12-4-6-1-2-9(19-11(13,14)15)8(5-16)7(6)3-10(17)18/h1-2H,3-4H2,(H,17,18). The van der Waals surface area contributed by atoms with E-state index in [1.165, 1.54) is 12.1 Å². The number of nitriles is 1. The number of carboxylic acids is 1. The van der Waals surface area contributed by atoms with E-state index in [2.05, 4.69) is 4.74 Å². The second-order valence-electron chi connectivity index (χ2n) is 3.44. The first-order valence-electron chi connectivity index (χ1n) is 4.87. The molecule has 0 fully saturated rings. The number of carboxylic acid groups (broad SMARTS) is 1. The van der Waals surface area contributed by atoms with Crippen LogP contribution in [0.15, 0.2) is 12.1 Å². The summed E-state index contributed by atoms with van der Waals surface area (Å²) in [5.74, 6) is -2.14. The van der Waals surface area contributed by atoms with E-state index in [-0.39, 0.29) is 17.0 Å². The molecule has 0 aromatic heterocycles. The fourth-order valence-electron chi connectivity index (χ4n) is 1.48. The summed E-state index contributed by atoms with van der Waals surface area (Å²) >= 11 is 5.56. The molecule has 0 saturated carbocycles. The van der Waals surface area contributed by atoms with E-state index in [4.69, 9.17) is 22.0 Å². The SMILES string of the molecule is N#Cc1c(OC(F)(F)F)ccc(CCl)c1CC(=O)O. The number of carbonyl (C=O) groups is 1. The second kappa shape index (κ2) is 5.80. The van der Waals surface area contributed by atoms with Gasteiger partial charge in [0.2, 0.25) is 0 Å². The maximum atomic E-state index is 12.2. The van der Waals surface area contributed by atoms with Crippen molar-refractivity contribution in [3.05, 3.63) is 28.8 Å². The van der Waals surface area contributed by atoms with Crippen molar-refractivity contribution in [3.8, 4) is 11.8 Å². The monoisotopic (exact) mass is 293 g/mol. The van der Waals surface area contributed by atoms with E-state index in [0.717, 1.165) is 6.07 Å². The molecular weight excluding hydrogens is 287 g/mol. The summed E-state index contributed by atoms with van der Waals surface area (Å²) in [4.78, 5) is 10.7. The van der Waals surface area contributed by atoms with Gasteiger partial charge in [0.05, 0.1) is 12.0 Å². The average molecular weight is 294 g/mol. The second-order valence-corrected chi connectivity index (χ2v) is 3.71. The predicted molar refractivity (Wildman–Crippen MR) is 58.7 cm³/mol. The summed E-state index contributed by atoms with van der Waals surface area (Å²) in [5, 5.41) is 17.6. The van der Waals surface area contributed by atoms with Gasteiger partial charge in [-0.2, -0.15) is 5.26 Å². The molecule has 0 spiro atoms. The highest BCUT2D eigenvalue weighted by molar-refractivity contribution is 6.17. The van der Waals surface area contributed by atoms with Gasteiger partial charge in [-0.1, -0.05) is 6.07 Å². The van der Waals surface area contributed by atoms with Gasteiger partial charge < -0.3 is 9.84 Å². The summed E-state index contributed by atoms with van der Waals surface area (Å²) in [5.41, 5.74) is -0.278. The van der Waals surface area contributed by atoms with Crippen LogP contribution in [-0.4, -0.2) is 17.4 Å². The minimum absolute atomic E-state index is 0.0771. The molecule has 0 bridgehead atoms. The van der Waals surface area contributed by atoms with Gasteiger partial charge in [-0.15, -0.1) is 24.8 Å². The summed E-state index contributed by atoms with van der Waals surface area (Å²) in [6, 6.07) is 3.66. The van der Waals surface area contributed by atoms with Gasteiger partial charge in [0, 0.05) is 5.88 Å². The fourth-order valence-corrected chi connectivity index (χ4v) is 1.73. The third kappa shape index (κ3) is 4.03. The van der Waals surface area contributed by atoms with Crippen LogP contribution in [0.25, 0.3) is 0 Å². The molecule has 0 saturated heterocycles. The van der Waals surface area contributed by atoms with Crippen molar-refractivity contribution in [2.45, 2.75) is 18.7 Å². The number of halogens is 4. The Morgan fingerprint density at radius 2 is 2.11 bits per heavy atom. The molecule has 4 nitrogen and oxygen atoms in total. The maximum absolute atomic E-state index is 12.2. The third-order valence-electron chi connectivity index (χ3n) is 2.18. The van der Waals surface area contributed by atoms with Gasteiger partial charge in [-0.3, -0.25) is 4.79 Å². The molecule has 0 radical (unpaired) electrons. The van der Waals surface area contributed by atoms with E-state index in [0.29, 0.717) is 0 Å². The molecule has 19 heavy (non-hydrogen) atoms. The van der Waals surface area contributed by atoms with Crippen molar-refractivity contribution >= 4 is 17.6 Å². The van der Waals surface area contributed by atoms with Crippen LogP contribution in [0.1, 0.15) is 16.7 Å². The molecule has 0 amide bonds. The van der Waals surface area contributed by atoms with Crippen LogP contribution in [0.4, 0.5) is 13.2 Å². The topological polar surface area (TPSA) is 70.3 Å².